The van der Waals surface area contributed by atoms with Gasteiger partial charge in [-0.1, -0.05) is 36.4 Å². The molecular formula is C21H24O5. The number of carbonyl (C=O) groups excluding carboxylic acids is 1. The molecule has 0 aliphatic carbocycles. The van der Waals surface area contributed by atoms with Gasteiger partial charge in [0, 0.05) is 0 Å². The van der Waals surface area contributed by atoms with Crippen LogP contribution in [0.3, 0.4) is 0 Å². The predicted molar refractivity (Wildman–Crippen MR) is 103 cm³/mol. The predicted octanol–water partition coefficient (Wildman–Crippen LogP) is 4.52. The number of phenolic OH excluding ortho intramolecular Hbond substituents is 1. The number of ether oxygens (including phenoxy) is 3. The summed E-state index contributed by atoms with van der Waals surface area (Å²) in [4.78, 5) is 11.7. The Morgan fingerprint density at radius 2 is 1.96 bits per heavy atom. The summed E-state index contributed by atoms with van der Waals surface area (Å²) in [5.74, 6) is -0.105. The second-order valence-corrected chi connectivity index (χ2v) is 5.46. The average molecular weight is 356 g/mol. The number of phenols is 1. The van der Waals surface area contributed by atoms with Crippen LogP contribution in [0.15, 0.2) is 72.2 Å². The van der Waals surface area contributed by atoms with Crippen molar-refractivity contribution < 1.29 is 24.1 Å². The average Bonchev–Trinajstić information content (AvgIpc) is 2.60. The Balaban J connectivity index is 2.88. The first-order valence-electron chi connectivity index (χ1n) is 7.87. The van der Waals surface area contributed by atoms with Gasteiger partial charge in [-0.2, -0.15) is 0 Å². The van der Waals surface area contributed by atoms with E-state index in [4.69, 9.17) is 14.2 Å². The Kier molecular flexibility index (Phi) is 8.50. The van der Waals surface area contributed by atoms with Crippen molar-refractivity contribution in [3.05, 3.63) is 77.8 Å². The first kappa shape index (κ1) is 20.8. The van der Waals surface area contributed by atoms with Gasteiger partial charge in [0.1, 0.15) is 0 Å². The van der Waals surface area contributed by atoms with Gasteiger partial charge >= 0.3 is 5.97 Å². The van der Waals surface area contributed by atoms with Gasteiger partial charge in [0.05, 0.1) is 32.3 Å². The Labute approximate surface area is 154 Å². The van der Waals surface area contributed by atoms with E-state index in [1.807, 2.05) is 6.92 Å². The lowest BCUT2D eigenvalue weighted by atomic mass is 10.1. The van der Waals surface area contributed by atoms with Crippen molar-refractivity contribution >= 4 is 12.0 Å². The lowest BCUT2D eigenvalue weighted by molar-refractivity contribution is -0.135. The molecule has 1 N–H and O–H groups in total. The Bertz CT molecular complexity index is 767. The van der Waals surface area contributed by atoms with Gasteiger partial charge in [-0.15, -0.1) is 0 Å². The third kappa shape index (κ3) is 6.73. The minimum Gasteiger partial charge on any atom is -0.504 e. The lowest BCUT2D eigenvalue weighted by Gasteiger charge is -2.05. The molecule has 1 aromatic rings. The molecule has 26 heavy (non-hydrogen) atoms. The molecule has 0 aromatic heterocycles. The third-order valence-electron chi connectivity index (χ3n) is 3.23. The van der Waals surface area contributed by atoms with E-state index in [-0.39, 0.29) is 5.75 Å². The molecule has 5 nitrogen and oxygen atoms in total. The maximum absolute atomic E-state index is 11.7. The maximum Gasteiger partial charge on any atom is 0.341 e. The molecule has 0 saturated carbocycles. The van der Waals surface area contributed by atoms with Crippen molar-refractivity contribution in [1.82, 2.24) is 0 Å². The molecule has 0 aliphatic rings. The molecule has 0 unspecified atom stereocenters. The van der Waals surface area contributed by atoms with Crippen molar-refractivity contribution in [2.45, 2.75) is 13.8 Å². The molecule has 1 rings (SSSR count). The number of benzene rings is 1. The molecule has 5 heteroatoms. The normalized spacial score (nSPS) is 12.5. The molecule has 0 radical (unpaired) electrons. The fourth-order valence-corrected chi connectivity index (χ4v) is 1.88. The number of esters is 1. The van der Waals surface area contributed by atoms with E-state index in [0.29, 0.717) is 16.9 Å². The number of allylic oxidation sites excluding steroid dienone is 4. The third-order valence-corrected chi connectivity index (χ3v) is 3.23. The maximum atomic E-state index is 11.7. The Morgan fingerprint density at radius 3 is 2.54 bits per heavy atom. The van der Waals surface area contributed by atoms with Crippen molar-refractivity contribution in [1.29, 1.82) is 0 Å². The van der Waals surface area contributed by atoms with E-state index in [9.17, 15) is 9.90 Å². The van der Waals surface area contributed by atoms with Crippen molar-refractivity contribution in [3.8, 4) is 11.5 Å². The highest BCUT2D eigenvalue weighted by molar-refractivity contribution is 5.93. The van der Waals surface area contributed by atoms with Gasteiger partial charge in [0.15, 0.2) is 11.5 Å². The van der Waals surface area contributed by atoms with Crippen LogP contribution in [0.1, 0.15) is 19.4 Å². The standard InChI is InChI=1S/C21H24O5/c1-15(2)11-12-26-20-10-9-17(13-19(20)22)8-6-7-16(3)18(14-24-4)21(23)25-5/h6-14,22H,1H2,2-5H3. The topological polar surface area (TPSA) is 65.0 Å². The summed E-state index contributed by atoms with van der Waals surface area (Å²) in [6, 6.07) is 5.05. The minimum atomic E-state index is -0.476. The van der Waals surface area contributed by atoms with Gasteiger partial charge in [0.25, 0.3) is 0 Å². The van der Waals surface area contributed by atoms with E-state index >= 15 is 0 Å². The van der Waals surface area contributed by atoms with Gasteiger partial charge in [-0.25, -0.2) is 4.79 Å². The van der Waals surface area contributed by atoms with Crippen LogP contribution in [-0.2, 0) is 14.3 Å². The summed E-state index contributed by atoms with van der Waals surface area (Å²) in [5, 5.41) is 10.0. The molecule has 0 spiro atoms. The van der Waals surface area contributed by atoms with Gasteiger partial charge < -0.3 is 19.3 Å². The molecule has 0 saturated heterocycles. The molecule has 0 aliphatic heterocycles. The summed E-state index contributed by atoms with van der Waals surface area (Å²) in [7, 11) is 2.77. The number of aromatic hydroxyl groups is 1. The highest BCUT2D eigenvalue weighted by Crippen LogP contribution is 2.27. The van der Waals surface area contributed by atoms with E-state index in [1.54, 1.807) is 49.4 Å². The fourth-order valence-electron chi connectivity index (χ4n) is 1.88. The highest BCUT2D eigenvalue weighted by Gasteiger charge is 2.11. The smallest absolute Gasteiger partial charge is 0.341 e. The molecule has 0 amide bonds. The van der Waals surface area contributed by atoms with Crippen LogP contribution in [0.5, 0.6) is 11.5 Å². The SMILES string of the molecule is C=C(C)C=COc1ccc(C=CC=C(C)C(=COC)C(=O)OC)cc1O. The number of hydrogen-bond donors (Lipinski definition) is 1. The van der Waals surface area contributed by atoms with Crippen LogP contribution in [0.25, 0.3) is 6.08 Å². The van der Waals surface area contributed by atoms with Crippen LogP contribution in [-0.4, -0.2) is 25.3 Å². The monoisotopic (exact) mass is 356 g/mol. The summed E-state index contributed by atoms with van der Waals surface area (Å²) in [5.41, 5.74) is 2.64. The van der Waals surface area contributed by atoms with Crippen LogP contribution in [0.4, 0.5) is 0 Å². The second-order valence-electron chi connectivity index (χ2n) is 5.46. The zero-order chi connectivity index (χ0) is 19.5. The van der Waals surface area contributed by atoms with Gasteiger partial charge in [-0.3, -0.25) is 0 Å². The molecule has 0 bridgehead atoms. The first-order valence-corrected chi connectivity index (χ1v) is 7.87. The number of rotatable bonds is 8. The molecule has 138 valence electrons. The summed E-state index contributed by atoms with van der Waals surface area (Å²) < 4.78 is 15.0. The van der Waals surface area contributed by atoms with Crippen molar-refractivity contribution in [3.63, 3.8) is 0 Å². The molecule has 0 fully saturated rings. The fraction of sp³-hybridized carbons (Fsp3) is 0.190. The zero-order valence-electron chi connectivity index (χ0n) is 15.5. The molecular weight excluding hydrogens is 332 g/mol. The number of methoxy groups -OCH3 is 2. The van der Waals surface area contributed by atoms with Gasteiger partial charge in [0.2, 0.25) is 0 Å². The Morgan fingerprint density at radius 1 is 1.23 bits per heavy atom. The van der Waals surface area contributed by atoms with Crippen LogP contribution in [0, 0.1) is 0 Å². The number of carbonyl (C=O) groups is 1. The van der Waals surface area contributed by atoms with E-state index in [2.05, 4.69) is 6.58 Å². The molecule has 0 heterocycles. The second kappa shape index (κ2) is 10.6. The minimum absolute atomic E-state index is 0.0220. The van der Waals surface area contributed by atoms with Crippen LogP contribution >= 0.6 is 0 Å². The van der Waals surface area contributed by atoms with E-state index in [1.165, 1.54) is 26.7 Å². The van der Waals surface area contributed by atoms with Crippen LogP contribution < -0.4 is 4.74 Å². The van der Waals surface area contributed by atoms with Crippen molar-refractivity contribution in [2.75, 3.05) is 14.2 Å². The highest BCUT2D eigenvalue weighted by atomic mass is 16.5. The Hall–Kier alpha value is -3.21. The molecule has 1 aromatic carbocycles. The van der Waals surface area contributed by atoms with Crippen molar-refractivity contribution in [2.24, 2.45) is 0 Å². The summed E-state index contributed by atoms with van der Waals surface area (Å²) in [6.07, 6.45) is 9.81. The van der Waals surface area contributed by atoms with Crippen LogP contribution in [0.2, 0.25) is 0 Å². The lowest BCUT2D eigenvalue weighted by Crippen LogP contribution is -2.06. The van der Waals surface area contributed by atoms with Gasteiger partial charge in [-0.05, 0) is 43.2 Å². The summed E-state index contributed by atoms with van der Waals surface area (Å²) >= 11 is 0. The van der Waals surface area contributed by atoms with E-state index in [0.717, 1.165) is 11.1 Å². The largest absolute Gasteiger partial charge is 0.504 e. The zero-order valence-corrected chi connectivity index (χ0v) is 15.5. The number of hydrogen-bond acceptors (Lipinski definition) is 5. The first-order chi connectivity index (χ1) is 12.4. The summed E-state index contributed by atoms with van der Waals surface area (Å²) in [6.45, 7) is 7.34. The van der Waals surface area contributed by atoms with E-state index < -0.39 is 5.97 Å². The molecule has 0 atom stereocenters. The quantitative estimate of drug-likeness (QED) is 0.321.